The van der Waals surface area contributed by atoms with Crippen LogP contribution in [0.4, 0.5) is 4.79 Å². The lowest BCUT2D eigenvalue weighted by Gasteiger charge is -1.92. The van der Waals surface area contributed by atoms with E-state index in [1.807, 2.05) is 0 Å². The van der Waals surface area contributed by atoms with E-state index >= 15 is 0 Å². The van der Waals surface area contributed by atoms with Gasteiger partial charge in [0.2, 0.25) is 0 Å². The first-order valence-electron chi connectivity index (χ1n) is 3.51. The van der Waals surface area contributed by atoms with Crippen LogP contribution in [0.2, 0.25) is 0 Å². The topological polar surface area (TPSA) is 110 Å². The highest BCUT2D eigenvalue weighted by atomic mass is 16.5. The Morgan fingerprint density at radius 2 is 1.85 bits per heavy atom. The lowest BCUT2D eigenvalue weighted by molar-refractivity contribution is -0.304. The molecule has 0 saturated heterocycles. The third-order valence-electron chi connectivity index (χ3n) is 0.680. The second kappa shape index (κ2) is 8.51. The molecular weight excluding hydrogens is 178 g/mol. The number of primary amides is 1. The Kier molecular flexibility index (Phi) is 9.14. The molecule has 0 unspecified atom stereocenters. The smallest absolute Gasteiger partial charge is 0.404 e. The number of Topliss-reactive ketones (excluding diaryl/α,β-unsaturated/α-hetero) is 1. The van der Waals surface area contributed by atoms with Crippen molar-refractivity contribution in [3.05, 3.63) is 0 Å². The predicted molar refractivity (Wildman–Crippen MR) is 41.5 cm³/mol. The second-order valence-electron chi connectivity index (χ2n) is 2.00. The number of ketones is 1. The van der Waals surface area contributed by atoms with Gasteiger partial charge in [0.25, 0.3) is 0 Å². The van der Waals surface area contributed by atoms with Crippen LogP contribution < -0.4 is 10.8 Å². The minimum atomic E-state index is -1.31. The lowest BCUT2D eigenvalue weighted by atomic mass is 10.3. The van der Waals surface area contributed by atoms with E-state index in [0.717, 1.165) is 0 Å². The molecule has 0 aliphatic carbocycles. The molecule has 76 valence electrons. The first-order chi connectivity index (χ1) is 5.90. The van der Waals surface area contributed by atoms with Crippen LogP contribution in [0.25, 0.3) is 0 Å². The van der Waals surface area contributed by atoms with Gasteiger partial charge in [0, 0.05) is 12.4 Å². The molecule has 0 aromatic rings. The summed E-state index contributed by atoms with van der Waals surface area (Å²) in [6, 6.07) is 0. The number of rotatable bonds is 3. The lowest BCUT2D eigenvalue weighted by Crippen LogP contribution is -2.24. The van der Waals surface area contributed by atoms with Crippen molar-refractivity contribution in [3.63, 3.8) is 0 Å². The molecule has 0 bridgehead atoms. The summed E-state index contributed by atoms with van der Waals surface area (Å²) in [7, 11) is 0. The van der Waals surface area contributed by atoms with E-state index in [4.69, 9.17) is 0 Å². The van der Waals surface area contributed by atoms with Crippen LogP contribution in [0.5, 0.6) is 0 Å². The van der Waals surface area contributed by atoms with Crippen molar-refractivity contribution in [1.29, 1.82) is 0 Å². The van der Waals surface area contributed by atoms with Gasteiger partial charge in [0.05, 0.1) is 6.61 Å². The van der Waals surface area contributed by atoms with Crippen LogP contribution in [0.15, 0.2) is 0 Å². The molecule has 0 rings (SSSR count). The zero-order valence-corrected chi connectivity index (χ0v) is 7.53. The standard InChI is InChI=1S/C4H6O3.C3H7NO2/c1-3(5)2-4(6)7;1-2-6-3(4)5/h2H2,1H3,(H,6,7);2H2,1H3,(H2,4,5)/p-1. The first-order valence-corrected chi connectivity index (χ1v) is 3.51. The minimum Gasteiger partial charge on any atom is -0.550 e. The normalized spacial score (nSPS) is 7.85. The summed E-state index contributed by atoms with van der Waals surface area (Å²) in [5, 5.41) is 9.48. The highest BCUT2D eigenvalue weighted by Crippen LogP contribution is 1.74. The van der Waals surface area contributed by atoms with Crippen molar-refractivity contribution < 1.29 is 24.2 Å². The van der Waals surface area contributed by atoms with Gasteiger partial charge >= 0.3 is 6.09 Å². The summed E-state index contributed by atoms with van der Waals surface area (Å²) in [5.74, 6) is -1.69. The van der Waals surface area contributed by atoms with Gasteiger partial charge in [-0.25, -0.2) is 4.79 Å². The molecule has 2 N–H and O–H groups in total. The van der Waals surface area contributed by atoms with Gasteiger partial charge in [-0.3, -0.25) is 4.79 Å². The Bertz CT molecular complexity index is 177. The molecule has 0 aliphatic rings. The summed E-state index contributed by atoms with van der Waals surface area (Å²) in [4.78, 5) is 28.9. The zero-order chi connectivity index (χ0) is 10.9. The van der Waals surface area contributed by atoms with E-state index in [-0.39, 0.29) is 5.78 Å². The largest absolute Gasteiger partial charge is 0.550 e. The van der Waals surface area contributed by atoms with E-state index in [0.29, 0.717) is 6.61 Å². The maximum absolute atomic E-state index is 9.83. The Balaban J connectivity index is 0. The highest BCUT2D eigenvalue weighted by molar-refractivity contribution is 5.92. The molecule has 6 nitrogen and oxygen atoms in total. The van der Waals surface area contributed by atoms with E-state index in [1.165, 1.54) is 6.92 Å². The van der Waals surface area contributed by atoms with Gasteiger partial charge < -0.3 is 20.4 Å². The third-order valence-corrected chi connectivity index (χ3v) is 0.680. The average molecular weight is 190 g/mol. The van der Waals surface area contributed by atoms with Gasteiger partial charge in [-0.05, 0) is 13.8 Å². The van der Waals surface area contributed by atoms with Crippen LogP contribution >= 0.6 is 0 Å². The Morgan fingerprint density at radius 1 is 1.38 bits per heavy atom. The summed E-state index contributed by atoms with van der Waals surface area (Å²) in [6.07, 6.45) is -1.18. The summed E-state index contributed by atoms with van der Waals surface area (Å²) in [5.41, 5.74) is 4.54. The number of ether oxygens (including phenoxy) is 1. The number of aliphatic carboxylic acids is 1. The van der Waals surface area contributed by atoms with Crippen LogP contribution in [-0.4, -0.2) is 24.5 Å². The summed E-state index contributed by atoms with van der Waals surface area (Å²) >= 11 is 0. The maximum atomic E-state index is 9.83. The number of hydrogen-bond acceptors (Lipinski definition) is 5. The van der Waals surface area contributed by atoms with Gasteiger partial charge in [-0.1, -0.05) is 0 Å². The van der Waals surface area contributed by atoms with E-state index in [9.17, 15) is 19.5 Å². The van der Waals surface area contributed by atoms with Crippen LogP contribution in [0, 0.1) is 0 Å². The molecule has 0 aromatic carbocycles. The van der Waals surface area contributed by atoms with E-state index < -0.39 is 18.5 Å². The third kappa shape index (κ3) is 25.2. The number of carbonyl (C=O) groups is 3. The van der Waals surface area contributed by atoms with Gasteiger partial charge in [-0.15, -0.1) is 0 Å². The molecule has 1 amide bonds. The zero-order valence-electron chi connectivity index (χ0n) is 7.53. The first kappa shape index (κ1) is 14.0. The fraction of sp³-hybridized carbons (Fsp3) is 0.571. The number of carboxylic acid groups (broad SMARTS) is 1. The van der Waals surface area contributed by atoms with Gasteiger partial charge in [0.1, 0.15) is 5.78 Å². The Labute approximate surface area is 75.7 Å². The fourth-order valence-electron chi connectivity index (χ4n) is 0.346. The molecule has 0 fully saturated rings. The quantitative estimate of drug-likeness (QED) is 0.563. The van der Waals surface area contributed by atoms with Crippen molar-refractivity contribution >= 4 is 17.8 Å². The predicted octanol–water partition coefficient (Wildman–Crippen LogP) is -1.18. The van der Waals surface area contributed by atoms with Crippen molar-refractivity contribution in [1.82, 2.24) is 0 Å². The van der Waals surface area contributed by atoms with Crippen molar-refractivity contribution in [2.75, 3.05) is 6.61 Å². The van der Waals surface area contributed by atoms with Gasteiger partial charge in [-0.2, -0.15) is 0 Å². The number of carbonyl (C=O) groups excluding carboxylic acids is 3. The monoisotopic (exact) mass is 190 g/mol. The second-order valence-corrected chi connectivity index (χ2v) is 2.00. The molecule has 0 atom stereocenters. The van der Waals surface area contributed by atoms with Gasteiger partial charge in [0.15, 0.2) is 0 Å². The number of hydrogen-bond donors (Lipinski definition) is 1. The fourth-order valence-corrected chi connectivity index (χ4v) is 0.346. The van der Waals surface area contributed by atoms with Crippen LogP contribution in [-0.2, 0) is 14.3 Å². The molecule has 0 heterocycles. The molecule has 0 aliphatic heterocycles. The number of nitrogens with two attached hydrogens (primary N) is 1. The number of carboxylic acids is 1. The van der Waals surface area contributed by atoms with E-state index in [1.54, 1.807) is 6.92 Å². The minimum absolute atomic E-state index is 0.356. The molecule has 0 aromatic heterocycles. The molecule has 0 spiro atoms. The van der Waals surface area contributed by atoms with Crippen molar-refractivity contribution in [3.8, 4) is 0 Å². The molecule has 6 heteroatoms. The van der Waals surface area contributed by atoms with Crippen LogP contribution in [0.1, 0.15) is 20.3 Å². The average Bonchev–Trinajstić information content (AvgIpc) is 1.83. The number of amides is 1. The highest BCUT2D eigenvalue weighted by Gasteiger charge is 1.88. The van der Waals surface area contributed by atoms with Crippen molar-refractivity contribution in [2.24, 2.45) is 5.73 Å². The molecular formula is C7H12NO5-. The SMILES string of the molecule is CC(=O)CC(=O)[O-].CCOC(N)=O. The summed E-state index contributed by atoms with van der Waals surface area (Å²) in [6.45, 7) is 3.26. The molecule has 0 radical (unpaired) electrons. The van der Waals surface area contributed by atoms with Crippen LogP contribution in [0.3, 0.4) is 0 Å². The Morgan fingerprint density at radius 3 is 1.85 bits per heavy atom. The summed E-state index contributed by atoms with van der Waals surface area (Å²) < 4.78 is 4.18. The molecule has 0 saturated carbocycles. The maximum Gasteiger partial charge on any atom is 0.404 e. The van der Waals surface area contributed by atoms with Crippen molar-refractivity contribution in [2.45, 2.75) is 20.3 Å². The Hall–Kier alpha value is -1.59. The van der Waals surface area contributed by atoms with E-state index in [2.05, 4.69) is 10.5 Å². The molecule has 13 heavy (non-hydrogen) atoms.